The number of carboxylic acids is 1. The van der Waals surface area contributed by atoms with Crippen LogP contribution >= 0.6 is 35.1 Å². The molecule has 1 heterocycles. The molecule has 0 bridgehead atoms. The molecule has 1 saturated heterocycles. The summed E-state index contributed by atoms with van der Waals surface area (Å²) in [7, 11) is 0. The molecule has 7 nitrogen and oxygen atoms in total. The highest BCUT2D eigenvalue weighted by Gasteiger charge is 2.37. The molecule has 2 fully saturated rings. The lowest BCUT2D eigenvalue weighted by atomic mass is 10.0. The Morgan fingerprint density at radius 1 is 1.05 bits per heavy atom. The van der Waals surface area contributed by atoms with Crippen molar-refractivity contribution in [2.75, 3.05) is 30.7 Å². The van der Waals surface area contributed by atoms with E-state index in [0.717, 1.165) is 23.4 Å². The third kappa shape index (κ3) is 10.8. The molecule has 3 aromatic carbocycles. The van der Waals surface area contributed by atoms with Crippen molar-refractivity contribution in [3.63, 3.8) is 0 Å². The van der Waals surface area contributed by atoms with Crippen LogP contribution in [0.15, 0.2) is 78.9 Å². The second kappa shape index (κ2) is 17.3. The molecule has 1 saturated carbocycles. The fourth-order valence-corrected chi connectivity index (χ4v) is 5.53. The number of carbonyl (C=O) groups is 2. The van der Waals surface area contributed by atoms with Gasteiger partial charge in [-0.05, 0) is 66.8 Å². The zero-order chi connectivity index (χ0) is 30.5. The molecule has 2 N–H and O–H groups in total. The van der Waals surface area contributed by atoms with Crippen molar-refractivity contribution in [3.05, 3.63) is 100 Å². The molecule has 226 valence electrons. The number of amides is 1. The summed E-state index contributed by atoms with van der Waals surface area (Å²) < 4.78 is 21.9. The first-order chi connectivity index (χ1) is 20.2. The van der Waals surface area contributed by atoms with Crippen LogP contribution in [0.2, 0.25) is 10.0 Å². The number of carboxylic acid groups (broad SMARTS) is 1. The van der Waals surface area contributed by atoms with Gasteiger partial charge in [0.25, 0.3) is 0 Å². The Morgan fingerprint density at radius 2 is 1.64 bits per heavy atom. The van der Waals surface area contributed by atoms with Crippen LogP contribution in [0.4, 0.5) is 10.1 Å². The molecule has 2 aliphatic rings. The topological polar surface area (TPSA) is 90.3 Å². The number of aliphatic hydroxyl groups is 1. The van der Waals surface area contributed by atoms with Crippen LogP contribution < -0.4 is 4.31 Å². The van der Waals surface area contributed by atoms with Gasteiger partial charge >= 0.3 is 5.97 Å². The molecule has 11 heteroatoms. The first-order valence-electron chi connectivity index (χ1n) is 13.6. The quantitative estimate of drug-likeness (QED) is 0.247. The number of hydrogen-bond acceptors (Lipinski definition) is 6. The number of aliphatic carboxylic acids is 1. The highest BCUT2D eigenvalue weighted by Crippen LogP contribution is 2.40. The number of halogens is 3. The summed E-state index contributed by atoms with van der Waals surface area (Å²) >= 11 is 13.1. The third-order valence-electron chi connectivity index (χ3n) is 6.32. The van der Waals surface area contributed by atoms with Gasteiger partial charge in [0.15, 0.2) is 0 Å². The Morgan fingerprint density at radius 3 is 2.17 bits per heavy atom. The third-order valence-corrected chi connectivity index (χ3v) is 8.19. The van der Waals surface area contributed by atoms with E-state index >= 15 is 0 Å². The summed E-state index contributed by atoms with van der Waals surface area (Å²) in [6.45, 7) is 1.98. The molecule has 1 aliphatic heterocycles. The van der Waals surface area contributed by atoms with Gasteiger partial charge in [0.05, 0.1) is 37.5 Å². The number of para-hydroxylation sites is 1. The van der Waals surface area contributed by atoms with E-state index in [1.165, 1.54) is 6.07 Å². The minimum absolute atomic E-state index is 0.0317. The lowest BCUT2D eigenvalue weighted by Crippen LogP contribution is -2.54. The average Bonchev–Trinajstić information content (AvgIpc) is 3.81. The van der Waals surface area contributed by atoms with E-state index in [1.54, 1.807) is 54.1 Å². The number of carbonyl (C=O) groups excluding carboxylic acids is 1. The minimum Gasteiger partial charge on any atom is -0.481 e. The fraction of sp³-hybridized carbons (Fsp3) is 0.355. The molecule has 0 aromatic heterocycles. The molecule has 2 unspecified atom stereocenters. The second-order valence-corrected chi connectivity index (χ2v) is 11.8. The molecule has 1 aliphatic carbocycles. The highest BCUT2D eigenvalue weighted by atomic mass is 35.5. The standard InChI is InChI=1S/C22H24ClFN2O3S.C6H5Cl.C3H6O2/c23-16-7-5-15(6-8-16)21-13-29-14-22(28)26(21)17(12-27)11-25(30-18-9-10-18)20-4-2-1-3-19(20)24;7-6-4-2-1-3-5-6;1-2-3(4)5/h1-8,17-18,21,27H,9-14H2;1-5H;2H2,1H3,(H,4,5). The minimum atomic E-state index is -0.745. The molecular weight excluding hydrogens is 602 g/mol. The van der Waals surface area contributed by atoms with E-state index in [0.29, 0.717) is 29.1 Å². The number of aliphatic hydroxyl groups excluding tert-OH is 1. The van der Waals surface area contributed by atoms with Gasteiger partial charge in [-0.25, -0.2) is 4.39 Å². The van der Waals surface area contributed by atoms with Crippen molar-refractivity contribution in [1.82, 2.24) is 4.90 Å². The van der Waals surface area contributed by atoms with Gasteiger partial charge in [-0.1, -0.05) is 72.6 Å². The Hall–Kier alpha value is -2.82. The van der Waals surface area contributed by atoms with Crippen molar-refractivity contribution in [3.8, 4) is 0 Å². The van der Waals surface area contributed by atoms with E-state index in [-0.39, 0.29) is 37.4 Å². The van der Waals surface area contributed by atoms with Crippen molar-refractivity contribution in [2.24, 2.45) is 0 Å². The van der Waals surface area contributed by atoms with Crippen molar-refractivity contribution in [2.45, 2.75) is 43.5 Å². The molecule has 42 heavy (non-hydrogen) atoms. The Balaban J connectivity index is 0.000000336. The van der Waals surface area contributed by atoms with Gasteiger partial charge in [-0.3, -0.25) is 9.59 Å². The van der Waals surface area contributed by atoms with Crippen LogP contribution in [0.25, 0.3) is 0 Å². The van der Waals surface area contributed by atoms with Crippen LogP contribution in [0.1, 0.15) is 37.8 Å². The second-order valence-electron chi connectivity index (χ2n) is 9.58. The molecule has 3 aromatic rings. The monoisotopic (exact) mass is 636 g/mol. The first-order valence-corrected chi connectivity index (χ1v) is 15.2. The Labute approximate surface area is 260 Å². The predicted octanol–water partition coefficient (Wildman–Crippen LogP) is 6.88. The summed E-state index contributed by atoms with van der Waals surface area (Å²) in [6, 6.07) is 22.5. The highest BCUT2D eigenvalue weighted by molar-refractivity contribution is 8.01. The molecule has 1 amide bonds. The summed E-state index contributed by atoms with van der Waals surface area (Å²) in [5.74, 6) is -1.25. The lowest BCUT2D eigenvalue weighted by Gasteiger charge is -2.42. The van der Waals surface area contributed by atoms with Crippen molar-refractivity contribution in [1.29, 1.82) is 0 Å². The largest absolute Gasteiger partial charge is 0.481 e. The molecular formula is C31H35Cl2FN2O5S. The fourth-order valence-electron chi connectivity index (χ4n) is 4.03. The maximum atomic E-state index is 14.5. The van der Waals surface area contributed by atoms with Crippen LogP contribution in [0, 0.1) is 5.82 Å². The van der Waals surface area contributed by atoms with Gasteiger partial charge in [-0.15, -0.1) is 0 Å². The summed E-state index contributed by atoms with van der Waals surface area (Å²) in [4.78, 5) is 23.9. The van der Waals surface area contributed by atoms with Crippen LogP contribution in [-0.4, -0.2) is 64.6 Å². The number of rotatable bonds is 9. The van der Waals surface area contributed by atoms with E-state index in [4.69, 9.17) is 33.0 Å². The maximum absolute atomic E-state index is 14.5. The van der Waals surface area contributed by atoms with E-state index in [9.17, 15) is 19.1 Å². The zero-order valence-corrected chi connectivity index (χ0v) is 25.6. The average molecular weight is 638 g/mol. The number of hydrogen-bond donors (Lipinski definition) is 2. The number of nitrogens with zero attached hydrogens (tertiary/aromatic N) is 2. The Bertz CT molecular complexity index is 1270. The predicted molar refractivity (Wildman–Crippen MR) is 166 cm³/mol. The molecule has 5 rings (SSSR count). The van der Waals surface area contributed by atoms with E-state index in [1.807, 2.05) is 46.8 Å². The van der Waals surface area contributed by atoms with Gasteiger partial charge in [0, 0.05) is 21.7 Å². The van der Waals surface area contributed by atoms with Crippen LogP contribution in [0.3, 0.4) is 0 Å². The summed E-state index contributed by atoms with van der Waals surface area (Å²) in [5.41, 5.74) is 1.36. The SMILES string of the molecule is CCC(=O)O.Clc1ccccc1.O=C1COCC(c2ccc(Cl)cc2)N1C(CO)CN(SC1CC1)c1ccccc1F. The van der Waals surface area contributed by atoms with Crippen LogP contribution in [-0.2, 0) is 14.3 Å². The van der Waals surface area contributed by atoms with Crippen LogP contribution in [0.5, 0.6) is 0 Å². The van der Waals surface area contributed by atoms with Gasteiger partial charge in [-0.2, -0.15) is 0 Å². The van der Waals surface area contributed by atoms with Gasteiger partial charge < -0.3 is 24.2 Å². The number of benzene rings is 3. The van der Waals surface area contributed by atoms with Gasteiger partial charge in [0.2, 0.25) is 5.91 Å². The Kier molecular flexibility index (Phi) is 13.9. The molecule has 2 atom stereocenters. The van der Waals surface area contributed by atoms with Crippen molar-refractivity contribution < 1.29 is 28.9 Å². The van der Waals surface area contributed by atoms with Gasteiger partial charge in [0.1, 0.15) is 12.4 Å². The number of ether oxygens (including phenoxy) is 1. The van der Waals surface area contributed by atoms with E-state index in [2.05, 4.69) is 0 Å². The summed E-state index contributed by atoms with van der Waals surface area (Å²) in [6.07, 6.45) is 2.40. The number of morpholine rings is 1. The lowest BCUT2D eigenvalue weighted by molar-refractivity contribution is -0.153. The maximum Gasteiger partial charge on any atom is 0.303 e. The summed E-state index contributed by atoms with van der Waals surface area (Å²) in [5, 5.41) is 19.8. The zero-order valence-electron chi connectivity index (χ0n) is 23.2. The van der Waals surface area contributed by atoms with E-state index < -0.39 is 12.0 Å². The number of anilines is 1. The first kappa shape index (κ1) is 33.7. The van der Waals surface area contributed by atoms with Crippen molar-refractivity contribution >= 4 is 52.7 Å². The smallest absolute Gasteiger partial charge is 0.303 e. The molecule has 0 radical (unpaired) electrons. The normalized spacial score (nSPS) is 16.8. The molecule has 0 spiro atoms.